The van der Waals surface area contributed by atoms with Crippen LogP contribution in [0, 0.1) is 12.2 Å². The van der Waals surface area contributed by atoms with Crippen LogP contribution in [0.5, 0.6) is 5.75 Å². The third kappa shape index (κ3) is 8.36. The fourth-order valence-electron chi connectivity index (χ4n) is 7.47. The van der Waals surface area contributed by atoms with E-state index in [1.807, 2.05) is 24.3 Å². The molecule has 5 aromatic rings. The molecule has 1 saturated carbocycles. The Labute approximate surface area is 374 Å². The molecule has 8 rings (SSSR count). The van der Waals surface area contributed by atoms with Gasteiger partial charge in [0.1, 0.15) is 15.4 Å². The molecule has 5 N–H and O–H groups in total. The van der Waals surface area contributed by atoms with Gasteiger partial charge in [0.15, 0.2) is 0 Å². The quantitative estimate of drug-likeness (QED) is 0.0912. The summed E-state index contributed by atoms with van der Waals surface area (Å²) < 4.78 is 35.4. The Hall–Kier alpha value is -4.27. The summed E-state index contributed by atoms with van der Waals surface area (Å²) in [5.41, 5.74) is 11.2. The van der Waals surface area contributed by atoms with Crippen LogP contribution in [0.2, 0.25) is 0 Å². The second-order valence-corrected chi connectivity index (χ2v) is 16.5. The van der Waals surface area contributed by atoms with Crippen molar-refractivity contribution in [1.82, 2.24) is 0 Å². The van der Waals surface area contributed by atoms with Gasteiger partial charge in [-0.25, -0.2) is 4.21 Å². The van der Waals surface area contributed by atoms with E-state index >= 15 is 0 Å². The summed E-state index contributed by atoms with van der Waals surface area (Å²) in [7, 11) is -5.43. The molecule has 10 nitrogen and oxygen atoms in total. The zero-order valence-electron chi connectivity index (χ0n) is 31.5. The van der Waals surface area contributed by atoms with Crippen molar-refractivity contribution in [2.45, 2.75) is 47.3 Å². The van der Waals surface area contributed by atoms with E-state index in [9.17, 15) is 28.0 Å². The van der Waals surface area contributed by atoms with Crippen LogP contribution in [0.1, 0.15) is 75.1 Å². The summed E-state index contributed by atoms with van der Waals surface area (Å²) in [5, 5.41) is 18.5. The number of fused-ring (bicyclic) bond motifs is 2. The number of phenolic OH excluding ortho intramolecular Hbond substituents is 1. The van der Waals surface area contributed by atoms with Gasteiger partial charge in [0.05, 0.1) is 32.7 Å². The van der Waals surface area contributed by atoms with Crippen LogP contribution >= 0.6 is 0 Å². The monoisotopic (exact) mass is 794 g/mol. The summed E-state index contributed by atoms with van der Waals surface area (Å²) in [6.07, 6.45) is 14.4. The number of rotatable bonds is 8. The minimum atomic E-state index is -5.43. The number of hydrogen-bond donors (Lipinski definition) is 5. The molecule has 1 fully saturated rings. The van der Waals surface area contributed by atoms with Crippen LogP contribution in [-0.2, 0) is 15.0 Å². The van der Waals surface area contributed by atoms with Gasteiger partial charge in [0, 0.05) is 16.8 Å². The minimum absolute atomic E-state index is 0. The first kappa shape index (κ1) is 42.3. The molecule has 0 saturated heterocycles. The molecule has 5 aromatic carbocycles. The standard InChI is InChI=1S/C44H36N4O6S.2Na/c49-35-21-9-29-11-23-40(42(50)38(29)27-35)47-45-33-17-13-31(14-18-33)44(25-5-2-6-26-44)32-15-19-34(20-16-32)46-48-41-24-12-30-10-22-37(28-39(30)43(41)51)55(52,53,54)36-7-3-1-4-8-36;;/h1,3-4,7-22,27-28,45-46,49H,2,5-6,25-26H2,(H2,52,53,54);;/q-2;2*+1/b47-40+,48-41+;;. The SMILES string of the molecule is O=C1/C(=N/Nc2ccc(C3(c4ccc(N/N=C5\[C-]=Cc6ccc(S(=O)(O)(O)c7ccccc7)cc6C5=O)cc4)CCCCC3)cc2)[C-]=Cc2ccc(O)cc21.[Na+].[Na+]. The van der Waals surface area contributed by atoms with Crippen LogP contribution in [0.4, 0.5) is 11.4 Å². The van der Waals surface area contributed by atoms with Crippen molar-refractivity contribution in [3.8, 4) is 5.75 Å². The summed E-state index contributed by atoms with van der Waals surface area (Å²) in [5.74, 6) is -0.807. The Kier molecular flexibility index (Phi) is 12.6. The number of benzene rings is 5. The van der Waals surface area contributed by atoms with Gasteiger partial charge in [-0.2, -0.15) is 34.5 Å². The number of ketones is 2. The molecule has 0 aliphatic heterocycles. The molecular formula is C44H36N4Na2O6S. The van der Waals surface area contributed by atoms with Crippen LogP contribution in [0.3, 0.4) is 0 Å². The van der Waals surface area contributed by atoms with Gasteiger partial charge in [-0.1, -0.05) is 85.0 Å². The third-order valence-corrected chi connectivity index (χ3v) is 12.7. The molecule has 0 spiro atoms. The van der Waals surface area contributed by atoms with Crippen molar-refractivity contribution in [2.75, 3.05) is 10.9 Å². The molecule has 3 aliphatic rings. The maximum absolute atomic E-state index is 13.5. The number of allylic oxidation sites excluding steroid dienone is 2. The van der Waals surface area contributed by atoms with Crippen LogP contribution in [-0.4, -0.2) is 41.4 Å². The van der Waals surface area contributed by atoms with Crippen molar-refractivity contribution < 1.29 is 87.1 Å². The number of nitrogens with one attached hydrogen (secondary N) is 2. The summed E-state index contributed by atoms with van der Waals surface area (Å²) in [6.45, 7) is 0. The molecular weight excluding hydrogens is 759 g/mol. The number of aromatic hydroxyl groups is 1. The number of hydrogen-bond acceptors (Lipinski definition) is 8. The molecule has 0 bridgehead atoms. The van der Waals surface area contributed by atoms with Gasteiger partial charge in [0.25, 0.3) is 0 Å². The predicted molar refractivity (Wildman–Crippen MR) is 214 cm³/mol. The van der Waals surface area contributed by atoms with Gasteiger partial charge in [0.2, 0.25) is 0 Å². The average molecular weight is 795 g/mol. The zero-order valence-corrected chi connectivity index (χ0v) is 36.3. The molecule has 0 atom stereocenters. The molecule has 0 heterocycles. The number of hydrazone groups is 2. The number of carbonyl (C=O) groups is 2. The van der Waals surface area contributed by atoms with E-state index in [1.54, 1.807) is 36.4 Å². The van der Waals surface area contributed by atoms with Crippen LogP contribution in [0.15, 0.2) is 135 Å². The van der Waals surface area contributed by atoms with Gasteiger partial charge >= 0.3 is 59.1 Å². The van der Waals surface area contributed by atoms with Crippen LogP contribution in [0.25, 0.3) is 12.2 Å². The average Bonchev–Trinajstić information content (AvgIpc) is 3.21. The van der Waals surface area contributed by atoms with Gasteiger partial charge in [-0.05, 0) is 72.5 Å². The van der Waals surface area contributed by atoms with Gasteiger partial charge in [-0.15, -0.1) is 23.3 Å². The van der Waals surface area contributed by atoms with Crippen LogP contribution < -0.4 is 70.0 Å². The fraction of sp³-hybridized carbons (Fsp3) is 0.136. The Morgan fingerprint density at radius 2 is 1.09 bits per heavy atom. The van der Waals surface area contributed by atoms with Crippen molar-refractivity contribution in [3.05, 3.63) is 161 Å². The summed E-state index contributed by atoms with van der Waals surface area (Å²) in [6, 6.07) is 32.3. The maximum atomic E-state index is 13.5. The summed E-state index contributed by atoms with van der Waals surface area (Å²) in [4.78, 5) is 26.0. The molecule has 0 amide bonds. The Bertz CT molecular complexity index is 2540. The zero-order chi connectivity index (χ0) is 38.2. The third-order valence-electron chi connectivity index (χ3n) is 10.5. The molecule has 276 valence electrons. The normalized spacial score (nSPS) is 17.7. The van der Waals surface area contributed by atoms with E-state index in [0.29, 0.717) is 22.4 Å². The first-order valence-electron chi connectivity index (χ1n) is 17.9. The first-order chi connectivity index (χ1) is 26.5. The largest absolute Gasteiger partial charge is 1.00 e. The maximum Gasteiger partial charge on any atom is 1.00 e. The number of anilines is 2. The van der Waals surface area contributed by atoms with E-state index in [-0.39, 0.29) is 103 Å². The fourth-order valence-corrected chi connectivity index (χ4v) is 9.03. The Morgan fingerprint density at radius 1 is 0.596 bits per heavy atom. The van der Waals surface area contributed by atoms with E-state index in [0.717, 1.165) is 36.9 Å². The number of Topliss-reactive ketones (excluding diaryl/α,β-unsaturated/α-hetero) is 2. The smallest absolute Gasteiger partial charge is 0.508 e. The topological polar surface area (TPSA) is 161 Å². The summed E-state index contributed by atoms with van der Waals surface area (Å²) >= 11 is 0. The van der Waals surface area contributed by atoms with E-state index in [1.165, 1.54) is 54.4 Å². The number of phenols is 1. The molecule has 0 unspecified atom stereocenters. The van der Waals surface area contributed by atoms with Gasteiger partial charge < -0.3 is 23.8 Å². The molecule has 0 radical (unpaired) electrons. The number of carbonyl (C=O) groups excluding carboxylic acids is 2. The van der Waals surface area contributed by atoms with E-state index < -0.39 is 15.4 Å². The Morgan fingerprint density at radius 3 is 1.61 bits per heavy atom. The molecule has 13 heteroatoms. The number of nitrogens with zero attached hydrogens (tertiary/aromatic N) is 2. The molecule has 3 aliphatic carbocycles. The first-order valence-corrected chi connectivity index (χ1v) is 19.7. The van der Waals surface area contributed by atoms with Crippen molar-refractivity contribution in [3.63, 3.8) is 0 Å². The van der Waals surface area contributed by atoms with E-state index in [2.05, 4.69) is 57.5 Å². The van der Waals surface area contributed by atoms with E-state index in [4.69, 9.17) is 0 Å². The predicted octanol–water partition coefficient (Wildman–Crippen LogP) is 2.80. The minimum Gasteiger partial charge on any atom is -0.508 e. The van der Waals surface area contributed by atoms with Gasteiger partial charge in [-0.3, -0.25) is 10.9 Å². The van der Waals surface area contributed by atoms with Crippen molar-refractivity contribution in [2.24, 2.45) is 10.2 Å². The second kappa shape index (κ2) is 16.9. The molecule has 57 heavy (non-hydrogen) atoms. The van der Waals surface area contributed by atoms with Crippen molar-refractivity contribution in [1.29, 1.82) is 0 Å². The second-order valence-electron chi connectivity index (χ2n) is 13.9. The van der Waals surface area contributed by atoms with Crippen molar-refractivity contribution >= 4 is 56.1 Å². The molecule has 0 aromatic heterocycles. The Balaban J connectivity index is 0.00000275.